The third-order valence-corrected chi connectivity index (χ3v) is 10.6. The zero-order valence-electron chi connectivity index (χ0n) is 26.4. The number of fused-ring (bicyclic) bond motifs is 3. The van der Waals surface area contributed by atoms with Gasteiger partial charge in [-0.05, 0) is 63.7 Å². The molecule has 0 fully saturated rings. The van der Waals surface area contributed by atoms with Crippen molar-refractivity contribution in [2.45, 2.75) is 52.5 Å². The van der Waals surface area contributed by atoms with E-state index in [-0.39, 0.29) is 20.1 Å². The predicted octanol–water partition coefficient (Wildman–Crippen LogP) is 10.5. The number of aryl methyl sites for hydroxylation is 1. The number of halogens is 3. The number of aromatic nitrogens is 2. The number of rotatable bonds is 4. The molecule has 0 aliphatic heterocycles. The van der Waals surface area contributed by atoms with Gasteiger partial charge in [-0.15, -0.1) is 59.7 Å². The van der Waals surface area contributed by atoms with E-state index in [1.54, 1.807) is 38.2 Å². The summed E-state index contributed by atoms with van der Waals surface area (Å²) < 4.78 is 49.1. The molecule has 3 aromatic carbocycles. The van der Waals surface area contributed by atoms with E-state index in [1.807, 2.05) is 24.3 Å². The molecule has 2 nitrogen and oxygen atoms in total. The zero-order chi connectivity index (χ0) is 31.9. The molecule has 0 unspecified atom stereocenters. The molecule has 3 aromatic heterocycles. The van der Waals surface area contributed by atoms with Crippen molar-refractivity contribution in [1.29, 1.82) is 0 Å². The zero-order valence-corrected chi connectivity index (χ0v) is 29.6. The molecule has 0 bridgehead atoms. The molecule has 1 radical (unpaired) electrons. The second-order valence-corrected chi connectivity index (χ2v) is 17.8. The minimum Gasteiger partial charge on any atom is -0.305 e. The number of hydrogen-bond donors (Lipinski definition) is 0. The van der Waals surface area contributed by atoms with Gasteiger partial charge in [-0.2, -0.15) is 24.5 Å². The number of thiophene rings is 1. The van der Waals surface area contributed by atoms with Gasteiger partial charge >= 0.3 is 6.18 Å². The van der Waals surface area contributed by atoms with Crippen LogP contribution in [0.15, 0.2) is 85.2 Å². The number of benzene rings is 3. The molecule has 3 heterocycles. The van der Waals surface area contributed by atoms with E-state index in [2.05, 4.69) is 67.0 Å². The average molecular weight is 804 g/mol. The van der Waals surface area contributed by atoms with Crippen LogP contribution in [0.5, 0.6) is 0 Å². The fraction of sp³-hybridized carbons (Fsp3) is 0.222. The molecule has 6 rings (SSSR count). The fourth-order valence-corrected chi connectivity index (χ4v) is 7.92. The van der Waals surface area contributed by atoms with Gasteiger partial charge in [0.2, 0.25) is 0 Å². The van der Waals surface area contributed by atoms with Crippen molar-refractivity contribution in [3.8, 4) is 22.5 Å². The summed E-state index contributed by atoms with van der Waals surface area (Å²) in [7, 11) is -1.27. The molecule has 6 aromatic rings. The summed E-state index contributed by atoms with van der Waals surface area (Å²) in [5.41, 5.74) is 5.02. The Labute approximate surface area is 277 Å². The van der Waals surface area contributed by atoms with E-state index in [4.69, 9.17) is 1.37 Å². The molecule has 0 aliphatic rings. The van der Waals surface area contributed by atoms with Gasteiger partial charge in [0.1, 0.15) is 0 Å². The molecule has 229 valence electrons. The van der Waals surface area contributed by atoms with Crippen LogP contribution in [0.2, 0.25) is 19.6 Å². The Balaban J connectivity index is 0.000000222. The van der Waals surface area contributed by atoms with Crippen molar-refractivity contribution in [3.63, 3.8) is 0 Å². The number of alkyl halides is 3. The Morgan fingerprint density at radius 1 is 0.886 bits per heavy atom. The third-order valence-electron chi connectivity index (χ3n) is 7.26. The van der Waals surface area contributed by atoms with Gasteiger partial charge in [-0.3, -0.25) is 0 Å². The van der Waals surface area contributed by atoms with Crippen LogP contribution in [-0.2, 0) is 26.3 Å². The van der Waals surface area contributed by atoms with Crippen molar-refractivity contribution in [2.75, 3.05) is 0 Å². The third kappa shape index (κ3) is 7.37. The Bertz CT molecular complexity index is 1940. The Morgan fingerprint density at radius 3 is 2.30 bits per heavy atom. The smallest absolute Gasteiger partial charge is 0.305 e. The largest absolute Gasteiger partial charge is 0.416 e. The van der Waals surface area contributed by atoms with Crippen LogP contribution >= 0.6 is 11.3 Å². The second kappa shape index (κ2) is 13.5. The molecule has 0 atom stereocenters. The van der Waals surface area contributed by atoms with Crippen LogP contribution < -0.4 is 5.19 Å². The summed E-state index contributed by atoms with van der Waals surface area (Å²) in [5.74, 6) is -0.770. The molecule has 0 spiro atoms. The standard InChI is InChI=1S/C21H15F3NS.C15H18NSi.Ir/c1-12(2)13-8-9-25-18(10-13)16-5-3-4-15-17-11-14(21(22,23)24)6-7-19(17)26-20(15)16;1-12-10-14(13-8-6-5-7-9-13)16-11-15(12)17(2,3)4;/h3-4,6-12H,1-2H3;5-8,10-11H,1-4H3;/q2*-1;/i12D;;. The van der Waals surface area contributed by atoms with Crippen molar-refractivity contribution in [3.05, 3.63) is 114 Å². The van der Waals surface area contributed by atoms with E-state index < -0.39 is 25.7 Å². The number of nitrogens with zero attached hydrogens (tertiary/aromatic N) is 2. The molecule has 0 saturated heterocycles. The second-order valence-electron chi connectivity index (χ2n) is 11.7. The van der Waals surface area contributed by atoms with Gasteiger partial charge in [0.05, 0.1) is 13.6 Å². The first kappa shape index (κ1) is 32.2. The van der Waals surface area contributed by atoms with Gasteiger partial charge in [-0.1, -0.05) is 62.1 Å². The maximum Gasteiger partial charge on any atom is 0.416 e. The fourth-order valence-electron chi connectivity index (χ4n) is 5.03. The summed E-state index contributed by atoms with van der Waals surface area (Å²) in [6.07, 6.45) is -0.664. The van der Waals surface area contributed by atoms with Crippen molar-refractivity contribution in [1.82, 2.24) is 9.97 Å². The van der Waals surface area contributed by atoms with Crippen LogP contribution in [0, 0.1) is 19.1 Å². The molecule has 0 amide bonds. The summed E-state index contributed by atoms with van der Waals surface area (Å²) in [6.45, 7) is 12.8. The Kier molecular flexibility index (Phi) is 9.85. The molecule has 0 saturated carbocycles. The van der Waals surface area contributed by atoms with Crippen LogP contribution in [0.3, 0.4) is 0 Å². The van der Waals surface area contributed by atoms with E-state index >= 15 is 0 Å². The molecular formula is C36H33F3IrN2SSi-2. The van der Waals surface area contributed by atoms with Crippen molar-refractivity contribution >= 4 is 44.8 Å². The molecular weight excluding hydrogens is 770 g/mol. The first-order valence-corrected chi connectivity index (χ1v) is 18.3. The summed E-state index contributed by atoms with van der Waals surface area (Å²) in [5, 5.41) is 2.78. The van der Waals surface area contributed by atoms with Crippen LogP contribution in [0.4, 0.5) is 13.2 Å². The van der Waals surface area contributed by atoms with Crippen LogP contribution in [-0.4, -0.2) is 18.0 Å². The van der Waals surface area contributed by atoms with E-state index in [0.717, 1.165) is 43.2 Å². The van der Waals surface area contributed by atoms with Crippen LogP contribution in [0.1, 0.15) is 37.8 Å². The average Bonchev–Trinajstić information content (AvgIpc) is 3.35. The SMILES string of the molecule is Cc1cc(-c2[c-]cccc2)ncc1[Si](C)(C)C.[2H]C(C)(C)c1ccnc(-c2[c-]ccc3c2sc2ccc(C(F)(F)F)cc23)c1.[Ir]. The summed E-state index contributed by atoms with van der Waals surface area (Å²) in [4.78, 5) is 8.99. The van der Waals surface area contributed by atoms with Crippen LogP contribution in [0.25, 0.3) is 42.7 Å². The van der Waals surface area contributed by atoms with Crippen molar-refractivity contribution in [2.24, 2.45) is 0 Å². The number of hydrogen-bond acceptors (Lipinski definition) is 3. The van der Waals surface area contributed by atoms with E-state index in [1.165, 1.54) is 34.2 Å². The molecule has 0 aliphatic carbocycles. The minimum absolute atomic E-state index is 0. The van der Waals surface area contributed by atoms with Gasteiger partial charge in [-0.25, -0.2) is 0 Å². The normalized spacial score (nSPS) is 12.3. The first-order valence-electron chi connectivity index (χ1n) is 14.5. The van der Waals surface area contributed by atoms with Gasteiger partial charge in [0.15, 0.2) is 0 Å². The Morgan fingerprint density at radius 2 is 1.66 bits per heavy atom. The maximum absolute atomic E-state index is 13.1. The Hall–Kier alpha value is -3.16. The van der Waals surface area contributed by atoms with E-state index in [9.17, 15) is 13.2 Å². The molecule has 0 N–H and O–H groups in total. The quantitative estimate of drug-likeness (QED) is 0.131. The molecule has 44 heavy (non-hydrogen) atoms. The summed E-state index contributed by atoms with van der Waals surface area (Å²) >= 11 is 1.43. The number of pyridine rings is 2. The van der Waals surface area contributed by atoms with Gasteiger partial charge < -0.3 is 9.97 Å². The topological polar surface area (TPSA) is 25.8 Å². The van der Waals surface area contributed by atoms with Gasteiger partial charge in [0.25, 0.3) is 0 Å². The summed E-state index contributed by atoms with van der Waals surface area (Å²) in [6, 6.07) is 27.5. The first-order chi connectivity index (χ1) is 20.6. The minimum atomic E-state index is -4.37. The van der Waals surface area contributed by atoms with Crippen molar-refractivity contribution < 1.29 is 34.6 Å². The maximum atomic E-state index is 13.1. The van der Waals surface area contributed by atoms with E-state index in [0.29, 0.717) is 11.1 Å². The predicted molar refractivity (Wildman–Crippen MR) is 177 cm³/mol. The monoisotopic (exact) mass is 804 g/mol. The van der Waals surface area contributed by atoms with Gasteiger partial charge in [0, 0.05) is 38.6 Å². The molecule has 8 heteroatoms.